The number of hydrogen-bond donors (Lipinski definition) is 1. The molecule has 0 bridgehead atoms. The number of nitrogens with zero attached hydrogens (tertiary/aromatic N) is 2. The first-order valence-electron chi connectivity index (χ1n) is 12.0. The van der Waals surface area contributed by atoms with Crippen LogP contribution in [0.15, 0.2) is 18.2 Å². The maximum Gasteiger partial charge on any atom is 0.247 e. The number of sulfonamides is 1. The van der Waals surface area contributed by atoms with E-state index in [9.17, 15) is 22.4 Å². The van der Waals surface area contributed by atoms with E-state index in [0.29, 0.717) is 17.7 Å². The van der Waals surface area contributed by atoms with E-state index in [-0.39, 0.29) is 30.8 Å². The van der Waals surface area contributed by atoms with Gasteiger partial charge in [0.05, 0.1) is 12.3 Å². The number of nitrogens with one attached hydrogen (secondary N) is 1. The van der Waals surface area contributed by atoms with Gasteiger partial charge in [-0.15, -0.1) is 0 Å². The van der Waals surface area contributed by atoms with Crippen molar-refractivity contribution in [3.05, 3.63) is 29.6 Å². The summed E-state index contributed by atoms with van der Waals surface area (Å²) in [6.07, 6.45) is 7.66. The van der Waals surface area contributed by atoms with Gasteiger partial charge in [0.15, 0.2) is 0 Å². The van der Waals surface area contributed by atoms with Crippen molar-refractivity contribution in [1.29, 1.82) is 0 Å². The Morgan fingerprint density at radius 1 is 1.18 bits per heavy atom. The van der Waals surface area contributed by atoms with Gasteiger partial charge in [-0.1, -0.05) is 39.0 Å². The van der Waals surface area contributed by atoms with Gasteiger partial charge < -0.3 is 5.32 Å². The second kappa shape index (κ2) is 10.5. The van der Waals surface area contributed by atoms with Crippen LogP contribution in [0.4, 0.5) is 10.1 Å². The van der Waals surface area contributed by atoms with Gasteiger partial charge in [0.25, 0.3) is 0 Å². The summed E-state index contributed by atoms with van der Waals surface area (Å²) in [4.78, 5) is 28.4. The number of carbonyl (C=O) groups is 2. The minimum Gasteiger partial charge on any atom is -0.351 e. The van der Waals surface area contributed by atoms with E-state index in [1.54, 1.807) is 20.8 Å². The van der Waals surface area contributed by atoms with Gasteiger partial charge in [0.1, 0.15) is 11.4 Å². The Kier molecular flexibility index (Phi) is 8.16. The summed E-state index contributed by atoms with van der Waals surface area (Å²) in [5.41, 5.74) is -0.524. The summed E-state index contributed by atoms with van der Waals surface area (Å²) in [5, 5.41) is 3.12. The third-order valence-electron chi connectivity index (χ3n) is 6.72. The third-order valence-corrected chi connectivity index (χ3v) is 8.69. The topological polar surface area (TPSA) is 86.8 Å². The van der Waals surface area contributed by atoms with E-state index in [2.05, 4.69) is 5.32 Å². The smallest absolute Gasteiger partial charge is 0.247 e. The van der Waals surface area contributed by atoms with Crippen molar-refractivity contribution in [2.75, 3.05) is 23.7 Å². The molecule has 2 fully saturated rings. The fourth-order valence-corrected chi connectivity index (χ4v) is 6.46. The summed E-state index contributed by atoms with van der Waals surface area (Å²) in [6, 6.07) is 4.04. The van der Waals surface area contributed by atoms with Crippen LogP contribution in [0, 0.1) is 12.7 Å². The van der Waals surface area contributed by atoms with E-state index < -0.39 is 27.3 Å². The van der Waals surface area contributed by atoms with Gasteiger partial charge in [0, 0.05) is 18.3 Å². The molecule has 0 aromatic heterocycles. The average Bonchev–Trinajstić information content (AvgIpc) is 2.70. The molecule has 33 heavy (non-hydrogen) atoms. The molecule has 1 aromatic rings. The summed E-state index contributed by atoms with van der Waals surface area (Å²) < 4.78 is 40.6. The molecule has 2 amide bonds. The van der Waals surface area contributed by atoms with Crippen molar-refractivity contribution < 1.29 is 22.4 Å². The van der Waals surface area contributed by atoms with Crippen LogP contribution in [0.25, 0.3) is 0 Å². The summed E-state index contributed by atoms with van der Waals surface area (Å²) in [5.74, 6) is -1.39. The molecule has 3 rings (SSSR count). The SMILES string of the molecule is CCCS(=O)(=O)N1CC(=O)N(c2ccc(F)cc2C)C(C)(C(=O)NC2CCCCCCC2)C1. The average molecular weight is 482 g/mol. The molecule has 1 aliphatic carbocycles. The number of rotatable bonds is 6. The first-order chi connectivity index (χ1) is 15.6. The number of carbonyl (C=O) groups excluding carboxylic acids is 2. The quantitative estimate of drug-likeness (QED) is 0.674. The monoisotopic (exact) mass is 481 g/mol. The molecule has 1 atom stereocenters. The highest BCUT2D eigenvalue weighted by Gasteiger charge is 2.51. The van der Waals surface area contributed by atoms with Gasteiger partial charge in [-0.05, 0) is 56.9 Å². The number of aryl methyl sites for hydroxylation is 1. The van der Waals surface area contributed by atoms with Crippen LogP contribution in [0.2, 0.25) is 0 Å². The largest absolute Gasteiger partial charge is 0.351 e. The molecule has 1 unspecified atom stereocenters. The van der Waals surface area contributed by atoms with E-state index in [0.717, 1.165) is 42.8 Å². The molecule has 1 aliphatic heterocycles. The molecule has 2 aliphatic rings. The van der Waals surface area contributed by atoms with Crippen LogP contribution in [0.3, 0.4) is 0 Å². The van der Waals surface area contributed by atoms with Gasteiger partial charge in [0.2, 0.25) is 21.8 Å². The third kappa shape index (κ3) is 5.74. The lowest BCUT2D eigenvalue weighted by atomic mass is 9.91. The normalized spacial score (nSPS) is 23.8. The predicted octanol–water partition coefficient (Wildman–Crippen LogP) is 3.51. The molecule has 7 nitrogen and oxygen atoms in total. The van der Waals surface area contributed by atoms with Crippen LogP contribution in [0.5, 0.6) is 0 Å². The van der Waals surface area contributed by atoms with Gasteiger partial charge >= 0.3 is 0 Å². The Hall–Kier alpha value is -2.00. The fraction of sp³-hybridized carbons (Fsp3) is 0.667. The standard InChI is InChI=1S/C24H36FN3O4S/c1-4-14-33(31,32)27-16-22(29)28(21-13-12-19(25)15-18(21)2)24(3,17-27)23(30)26-20-10-8-6-5-7-9-11-20/h12-13,15,20H,4-11,14,16-17H2,1-3H3,(H,26,30). The molecule has 0 spiro atoms. The molecule has 1 N–H and O–H groups in total. The molecule has 1 saturated heterocycles. The lowest BCUT2D eigenvalue weighted by molar-refractivity contribution is -0.133. The molecule has 1 aromatic carbocycles. The Balaban J connectivity index is 1.98. The van der Waals surface area contributed by atoms with Crippen molar-refractivity contribution in [2.45, 2.75) is 83.7 Å². The first-order valence-corrected chi connectivity index (χ1v) is 13.6. The number of hydrogen-bond acceptors (Lipinski definition) is 4. The lowest BCUT2D eigenvalue weighted by Gasteiger charge is -2.47. The second-order valence-corrected chi connectivity index (χ2v) is 11.6. The summed E-state index contributed by atoms with van der Waals surface area (Å²) in [7, 11) is -3.69. The first kappa shape index (κ1) is 25.6. The second-order valence-electron chi connectivity index (χ2n) is 9.53. The molecule has 9 heteroatoms. The highest BCUT2D eigenvalue weighted by molar-refractivity contribution is 7.89. The van der Waals surface area contributed by atoms with Gasteiger partial charge in [-0.2, -0.15) is 4.31 Å². The minimum absolute atomic E-state index is 0.0106. The van der Waals surface area contributed by atoms with Crippen LogP contribution in [-0.2, 0) is 19.6 Å². The zero-order valence-corrected chi connectivity index (χ0v) is 20.7. The van der Waals surface area contributed by atoms with Crippen molar-refractivity contribution in [3.8, 4) is 0 Å². The van der Waals surface area contributed by atoms with Gasteiger partial charge in [-0.25, -0.2) is 12.8 Å². The number of piperazine rings is 1. The molecule has 1 heterocycles. The van der Waals surface area contributed by atoms with E-state index in [1.165, 1.54) is 29.5 Å². The zero-order chi connectivity index (χ0) is 24.2. The predicted molar refractivity (Wildman–Crippen MR) is 127 cm³/mol. The van der Waals surface area contributed by atoms with Crippen LogP contribution < -0.4 is 10.2 Å². The molecular formula is C24H36FN3O4S. The summed E-state index contributed by atoms with van der Waals surface area (Å²) >= 11 is 0. The lowest BCUT2D eigenvalue weighted by Crippen LogP contribution is -2.71. The Bertz CT molecular complexity index is 976. The van der Waals surface area contributed by atoms with Crippen molar-refractivity contribution in [1.82, 2.24) is 9.62 Å². The van der Waals surface area contributed by atoms with E-state index in [1.807, 2.05) is 0 Å². The minimum atomic E-state index is -3.69. The highest BCUT2D eigenvalue weighted by atomic mass is 32.2. The molecule has 184 valence electrons. The molecule has 0 radical (unpaired) electrons. The number of halogens is 1. The Morgan fingerprint density at radius 2 is 1.82 bits per heavy atom. The summed E-state index contributed by atoms with van der Waals surface area (Å²) in [6.45, 7) is 4.57. The van der Waals surface area contributed by atoms with Crippen molar-refractivity contribution in [2.24, 2.45) is 0 Å². The number of anilines is 1. The molecule has 1 saturated carbocycles. The fourth-order valence-electron chi connectivity index (χ4n) is 4.94. The zero-order valence-electron chi connectivity index (χ0n) is 19.9. The van der Waals surface area contributed by atoms with E-state index in [4.69, 9.17) is 0 Å². The maximum absolute atomic E-state index is 13.8. The van der Waals surface area contributed by atoms with E-state index >= 15 is 0 Å². The van der Waals surface area contributed by atoms with Crippen molar-refractivity contribution in [3.63, 3.8) is 0 Å². The van der Waals surface area contributed by atoms with Gasteiger partial charge in [-0.3, -0.25) is 14.5 Å². The van der Waals surface area contributed by atoms with Crippen LogP contribution in [-0.4, -0.2) is 55.0 Å². The van der Waals surface area contributed by atoms with Crippen molar-refractivity contribution >= 4 is 27.5 Å². The van der Waals surface area contributed by atoms with Crippen LogP contribution >= 0.6 is 0 Å². The Morgan fingerprint density at radius 3 is 2.42 bits per heavy atom. The molecular weight excluding hydrogens is 445 g/mol. The van der Waals surface area contributed by atoms with Crippen LogP contribution in [0.1, 0.15) is 70.8 Å². The number of amides is 2. The highest BCUT2D eigenvalue weighted by Crippen LogP contribution is 2.33. The Labute approximate surface area is 196 Å². The number of benzene rings is 1. The maximum atomic E-state index is 13.8.